The number of carbonyl (C=O) groups is 2. The number of aliphatic hydroxyl groups excluding tert-OH is 2. The third kappa shape index (κ3) is 3.95. The van der Waals surface area contributed by atoms with Crippen LogP contribution in [0.2, 0.25) is 0 Å². The molecule has 1 aromatic carbocycles. The van der Waals surface area contributed by atoms with E-state index in [0.717, 1.165) is 10.4 Å². The SMILES string of the molecule is Cc1ccc(C(O)=C2C(=O)C(=O)N(CCOCCO)[C@@H]2c2cccs2)cc1. The molecule has 0 unspecified atom stereocenters. The van der Waals surface area contributed by atoms with E-state index in [4.69, 9.17) is 9.84 Å². The van der Waals surface area contributed by atoms with Crippen LogP contribution in [0.1, 0.15) is 22.0 Å². The van der Waals surface area contributed by atoms with Gasteiger partial charge in [-0.25, -0.2) is 0 Å². The van der Waals surface area contributed by atoms with Crippen molar-refractivity contribution in [3.8, 4) is 0 Å². The molecule has 0 spiro atoms. The van der Waals surface area contributed by atoms with Crippen molar-refractivity contribution in [2.45, 2.75) is 13.0 Å². The highest BCUT2D eigenvalue weighted by molar-refractivity contribution is 7.10. The first kappa shape index (κ1) is 19.3. The predicted molar refractivity (Wildman–Crippen MR) is 102 cm³/mol. The highest BCUT2D eigenvalue weighted by Gasteiger charge is 2.46. The maximum atomic E-state index is 12.7. The zero-order valence-corrected chi connectivity index (χ0v) is 15.7. The smallest absolute Gasteiger partial charge is 0.295 e. The molecule has 6 nitrogen and oxygen atoms in total. The molecule has 0 aliphatic carbocycles. The Labute approximate surface area is 161 Å². The van der Waals surface area contributed by atoms with E-state index in [0.29, 0.717) is 5.56 Å². The molecule has 1 atom stereocenters. The average Bonchev–Trinajstić information content (AvgIpc) is 3.27. The average molecular weight is 387 g/mol. The quantitative estimate of drug-likeness (QED) is 0.330. The standard InChI is InChI=1S/C20H21NO5S/c1-13-4-6-14(7-5-13)18(23)16-17(15-3-2-12-27-15)21(20(25)19(16)24)8-10-26-11-9-22/h2-7,12,17,22-23H,8-11H2,1H3/t17-/m1/s1. The van der Waals surface area contributed by atoms with Crippen LogP contribution in [0.25, 0.3) is 5.76 Å². The maximum absolute atomic E-state index is 12.7. The minimum Gasteiger partial charge on any atom is -0.507 e. The third-order valence-corrected chi connectivity index (χ3v) is 5.31. The monoisotopic (exact) mass is 387 g/mol. The lowest BCUT2D eigenvalue weighted by Crippen LogP contribution is -2.32. The van der Waals surface area contributed by atoms with Crippen molar-refractivity contribution >= 4 is 28.8 Å². The van der Waals surface area contributed by atoms with Crippen LogP contribution in [0.3, 0.4) is 0 Å². The van der Waals surface area contributed by atoms with Crippen molar-refractivity contribution in [3.05, 3.63) is 63.4 Å². The van der Waals surface area contributed by atoms with E-state index in [9.17, 15) is 14.7 Å². The Balaban J connectivity index is 2.00. The summed E-state index contributed by atoms with van der Waals surface area (Å²) in [5, 5.41) is 21.5. The third-order valence-electron chi connectivity index (χ3n) is 4.39. The number of aliphatic hydroxyl groups is 2. The van der Waals surface area contributed by atoms with Crippen LogP contribution >= 0.6 is 11.3 Å². The van der Waals surface area contributed by atoms with Gasteiger partial charge in [0, 0.05) is 17.0 Å². The van der Waals surface area contributed by atoms with Gasteiger partial charge >= 0.3 is 0 Å². The van der Waals surface area contributed by atoms with Crippen LogP contribution in [0.15, 0.2) is 47.4 Å². The zero-order chi connectivity index (χ0) is 19.4. The summed E-state index contributed by atoms with van der Waals surface area (Å²) in [6.45, 7) is 2.37. The van der Waals surface area contributed by atoms with Gasteiger partial charge in [-0.05, 0) is 18.4 Å². The molecule has 1 aliphatic heterocycles. The summed E-state index contributed by atoms with van der Waals surface area (Å²) >= 11 is 1.42. The molecule has 2 heterocycles. The van der Waals surface area contributed by atoms with Crippen LogP contribution in [0.4, 0.5) is 0 Å². The highest BCUT2D eigenvalue weighted by atomic mass is 32.1. The lowest BCUT2D eigenvalue weighted by atomic mass is 9.99. The molecule has 7 heteroatoms. The largest absolute Gasteiger partial charge is 0.507 e. The topological polar surface area (TPSA) is 87.1 Å². The Morgan fingerprint density at radius 1 is 1.19 bits per heavy atom. The number of ketones is 1. The van der Waals surface area contributed by atoms with Crippen molar-refractivity contribution in [1.82, 2.24) is 4.90 Å². The molecule has 2 N–H and O–H groups in total. The summed E-state index contributed by atoms with van der Waals surface area (Å²) in [7, 11) is 0. The first-order valence-corrected chi connectivity index (χ1v) is 9.50. The van der Waals surface area contributed by atoms with Crippen molar-refractivity contribution in [2.75, 3.05) is 26.4 Å². The molecule has 0 saturated carbocycles. The minimum atomic E-state index is -0.700. The second-order valence-electron chi connectivity index (χ2n) is 6.21. The fourth-order valence-corrected chi connectivity index (χ4v) is 3.90. The van der Waals surface area contributed by atoms with Gasteiger partial charge in [-0.2, -0.15) is 0 Å². The van der Waals surface area contributed by atoms with Crippen molar-refractivity contribution in [3.63, 3.8) is 0 Å². The number of nitrogens with zero attached hydrogens (tertiary/aromatic N) is 1. The first-order valence-electron chi connectivity index (χ1n) is 8.62. The number of hydrogen-bond donors (Lipinski definition) is 2. The number of aryl methyl sites for hydroxylation is 1. The van der Waals surface area contributed by atoms with Gasteiger partial charge in [0.1, 0.15) is 5.76 Å². The molecule has 3 rings (SSSR count). The van der Waals surface area contributed by atoms with Crippen LogP contribution < -0.4 is 0 Å². The molecule has 27 heavy (non-hydrogen) atoms. The lowest BCUT2D eigenvalue weighted by Gasteiger charge is -2.23. The Morgan fingerprint density at radius 2 is 1.93 bits per heavy atom. The molecular formula is C20H21NO5S. The van der Waals surface area contributed by atoms with Gasteiger partial charge < -0.3 is 19.8 Å². The molecule has 1 saturated heterocycles. The number of thiophene rings is 1. The molecule has 0 bridgehead atoms. The van der Waals surface area contributed by atoms with Crippen LogP contribution in [0, 0.1) is 6.92 Å². The van der Waals surface area contributed by atoms with E-state index < -0.39 is 17.7 Å². The summed E-state index contributed by atoms with van der Waals surface area (Å²) in [6, 6.07) is 10.2. The van der Waals surface area contributed by atoms with E-state index in [1.54, 1.807) is 12.1 Å². The van der Waals surface area contributed by atoms with Gasteiger partial charge in [-0.15, -0.1) is 11.3 Å². The van der Waals surface area contributed by atoms with Crippen LogP contribution in [-0.4, -0.2) is 53.2 Å². The molecule has 1 aromatic heterocycles. The van der Waals surface area contributed by atoms with Gasteiger partial charge in [-0.3, -0.25) is 9.59 Å². The maximum Gasteiger partial charge on any atom is 0.295 e. The predicted octanol–water partition coefficient (Wildman–Crippen LogP) is 2.49. The van der Waals surface area contributed by atoms with Gasteiger partial charge in [0.2, 0.25) is 0 Å². The Hall–Kier alpha value is -2.48. The van der Waals surface area contributed by atoms with E-state index in [-0.39, 0.29) is 37.7 Å². The van der Waals surface area contributed by atoms with Crippen molar-refractivity contribution in [1.29, 1.82) is 0 Å². The molecule has 1 amide bonds. The number of amides is 1. The van der Waals surface area contributed by atoms with E-state index in [2.05, 4.69) is 0 Å². The van der Waals surface area contributed by atoms with E-state index in [1.807, 2.05) is 36.6 Å². The zero-order valence-electron chi connectivity index (χ0n) is 14.9. The Morgan fingerprint density at radius 3 is 2.56 bits per heavy atom. The fraction of sp³-hybridized carbons (Fsp3) is 0.300. The fourth-order valence-electron chi connectivity index (χ4n) is 3.05. The lowest BCUT2D eigenvalue weighted by molar-refractivity contribution is -0.140. The highest BCUT2D eigenvalue weighted by Crippen LogP contribution is 2.40. The molecule has 142 valence electrons. The second-order valence-corrected chi connectivity index (χ2v) is 7.19. The van der Waals surface area contributed by atoms with Crippen LogP contribution in [-0.2, 0) is 14.3 Å². The number of hydrogen-bond acceptors (Lipinski definition) is 6. The van der Waals surface area contributed by atoms with Gasteiger partial charge in [0.25, 0.3) is 11.7 Å². The molecule has 1 aliphatic rings. The van der Waals surface area contributed by atoms with E-state index >= 15 is 0 Å². The molecular weight excluding hydrogens is 366 g/mol. The van der Waals surface area contributed by atoms with Gasteiger partial charge in [0.05, 0.1) is 31.4 Å². The number of carbonyl (C=O) groups excluding carboxylic acids is 2. The summed E-state index contributed by atoms with van der Waals surface area (Å²) < 4.78 is 5.26. The Bertz CT molecular complexity index is 842. The normalized spacial score (nSPS) is 19.0. The molecule has 1 fully saturated rings. The molecule has 2 aromatic rings. The summed E-state index contributed by atoms with van der Waals surface area (Å²) in [4.78, 5) is 27.5. The summed E-state index contributed by atoms with van der Waals surface area (Å²) in [6.07, 6.45) is 0. The minimum absolute atomic E-state index is 0.0912. The van der Waals surface area contributed by atoms with Crippen molar-refractivity contribution in [2.24, 2.45) is 0 Å². The Kier molecular flexibility index (Phi) is 6.05. The number of likely N-dealkylation sites (tertiary alicyclic amines) is 1. The van der Waals surface area contributed by atoms with E-state index in [1.165, 1.54) is 16.2 Å². The number of benzene rings is 1. The number of ether oxygens (including phenoxy) is 1. The van der Waals surface area contributed by atoms with Gasteiger partial charge in [-0.1, -0.05) is 35.9 Å². The summed E-state index contributed by atoms with van der Waals surface area (Å²) in [5.41, 5.74) is 1.62. The summed E-state index contributed by atoms with van der Waals surface area (Å²) in [5.74, 6) is -1.53. The van der Waals surface area contributed by atoms with Crippen molar-refractivity contribution < 1.29 is 24.5 Å². The number of rotatable bonds is 7. The first-order chi connectivity index (χ1) is 13.0. The number of Topliss-reactive ketones (excluding diaryl/α,β-unsaturated/α-hetero) is 1. The van der Waals surface area contributed by atoms with Crippen LogP contribution in [0.5, 0.6) is 0 Å². The molecule has 0 radical (unpaired) electrons. The second kappa shape index (κ2) is 8.47. The van der Waals surface area contributed by atoms with Gasteiger partial charge in [0.15, 0.2) is 0 Å².